The molecule has 2 aliphatic heterocycles. The molecule has 0 unspecified atom stereocenters. The van der Waals surface area contributed by atoms with Crippen LogP contribution in [0.15, 0.2) is 78.9 Å². The Labute approximate surface area is 209 Å². The number of nitrogens with zero attached hydrogens (tertiary/aromatic N) is 2. The van der Waals surface area contributed by atoms with Crippen LogP contribution in [0, 0.1) is 0 Å². The summed E-state index contributed by atoms with van der Waals surface area (Å²) >= 11 is 0. The lowest BCUT2D eigenvalue weighted by atomic mass is 10.1. The average molecular weight is 483 g/mol. The molecule has 7 heteroatoms. The van der Waals surface area contributed by atoms with Gasteiger partial charge in [0.15, 0.2) is 11.5 Å². The molecular weight excluding hydrogens is 456 g/mol. The van der Waals surface area contributed by atoms with Crippen molar-refractivity contribution in [2.75, 3.05) is 24.7 Å². The summed E-state index contributed by atoms with van der Waals surface area (Å²) in [6, 6.07) is 22.4. The maximum absolute atomic E-state index is 13.6. The first-order valence-electron chi connectivity index (χ1n) is 11.9. The van der Waals surface area contributed by atoms with E-state index in [0.29, 0.717) is 42.5 Å². The van der Waals surface area contributed by atoms with Crippen molar-refractivity contribution in [2.45, 2.75) is 19.4 Å². The van der Waals surface area contributed by atoms with E-state index >= 15 is 0 Å². The predicted molar refractivity (Wildman–Crippen MR) is 136 cm³/mol. The summed E-state index contributed by atoms with van der Waals surface area (Å²) in [6.45, 7) is 1.53. The summed E-state index contributed by atoms with van der Waals surface area (Å²) < 4.78 is 11.4. The second kappa shape index (κ2) is 10.5. The van der Waals surface area contributed by atoms with E-state index in [9.17, 15) is 14.4 Å². The molecule has 0 aliphatic carbocycles. The highest BCUT2D eigenvalue weighted by Crippen LogP contribution is 2.34. The van der Waals surface area contributed by atoms with E-state index in [4.69, 9.17) is 9.47 Å². The zero-order chi connectivity index (χ0) is 24.9. The molecule has 0 radical (unpaired) electrons. The Bertz CT molecular complexity index is 1280. The summed E-state index contributed by atoms with van der Waals surface area (Å²) in [4.78, 5) is 40.4. The fourth-order valence-electron chi connectivity index (χ4n) is 4.25. The molecule has 0 spiro atoms. The van der Waals surface area contributed by atoms with E-state index in [1.54, 1.807) is 29.2 Å². The van der Waals surface area contributed by atoms with Gasteiger partial charge in [0.05, 0.1) is 6.54 Å². The molecule has 2 heterocycles. The first kappa shape index (κ1) is 23.4. The topological polar surface area (TPSA) is 76.2 Å². The normalized spacial score (nSPS) is 14.9. The Morgan fingerprint density at radius 2 is 1.56 bits per heavy atom. The standard InChI is InChI=1S/C29H26N2O5/c32-27-14-15-28(33)31(27)20-22-8-10-23(11-9-22)29(34)30(16-4-7-21-5-2-1-3-6-21)24-12-13-25-26(19-24)36-18-17-35-25/h1-13,19H,14-18,20H2/b7-4+. The lowest BCUT2D eigenvalue weighted by molar-refractivity contribution is -0.139. The van der Waals surface area contributed by atoms with Gasteiger partial charge in [-0.2, -0.15) is 0 Å². The van der Waals surface area contributed by atoms with E-state index < -0.39 is 0 Å². The maximum atomic E-state index is 13.6. The van der Waals surface area contributed by atoms with Crippen LogP contribution in [0.3, 0.4) is 0 Å². The highest BCUT2D eigenvalue weighted by Gasteiger charge is 2.28. The maximum Gasteiger partial charge on any atom is 0.258 e. The predicted octanol–water partition coefficient (Wildman–Crippen LogP) is 4.47. The highest BCUT2D eigenvalue weighted by atomic mass is 16.6. The van der Waals surface area contributed by atoms with E-state index in [1.807, 2.05) is 60.7 Å². The minimum absolute atomic E-state index is 0.157. The molecule has 0 saturated carbocycles. The SMILES string of the molecule is O=C1CCC(=O)N1Cc1ccc(C(=O)N(C/C=C/c2ccccc2)c2ccc3c(c2)OCCO3)cc1. The number of ether oxygens (including phenoxy) is 2. The van der Waals surface area contributed by atoms with Crippen LogP contribution in [0.4, 0.5) is 5.69 Å². The molecule has 182 valence electrons. The van der Waals surface area contributed by atoms with Gasteiger partial charge in [-0.05, 0) is 35.4 Å². The van der Waals surface area contributed by atoms with Gasteiger partial charge in [0.25, 0.3) is 5.91 Å². The molecule has 0 aromatic heterocycles. The number of carbonyl (C=O) groups excluding carboxylic acids is 3. The van der Waals surface area contributed by atoms with E-state index in [-0.39, 0.29) is 37.1 Å². The molecule has 2 aliphatic rings. The third-order valence-corrected chi connectivity index (χ3v) is 6.18. The van der Waals surface area contributed by atoms with Crippen LogP contribution in [-0.2, 0) is 16.1 Å². The van der Waals surface area contributed by atoms with Crippen molar-refractivity contribution in [1.82, 2.24) is 4.90 Å². The quantitative estimate of drug-likeness (QED) is 0.465. The number of hydrogen-bond acceptors (Lipinski definition) is 5. The highest BCUT2D eigenvalue weighted by molar-refractivity contribution is 6.06. The Kier molecular flexibility index (Phi) is 6.80. The van der Waals surface area contributed by atoms with Crippen LogP contribution < -0.4 is 14.4 Å². The van der Waals surface area contributed by atoms with Gasteiger partial charge in [0.1, 0.15) is 13.2 Å². The van der Waals surface area contributed by atoms with Crippen molar-refractivity contribution in [3.05, 3.63) is 95.6 Å². The number of amides is 3. The Hall–Kier alpha value is -4.39. The molecule has 1 saturated heterocycles. The molecule has 1 fully saturated rings. The lowest BCUT2D eigenvalue weighted by Crippen LogP contribution is -2.31. The molecule has 3 aromatic carbocycles. The van der Waals surface area contributed by atoms with Gasteiger partial charge in [0, 0.05) is 36.7 Å². The Balaban J connectivity index is 1.38. The summed E-state index contributed by atoms with van der Waals surface area (Å²) in [5.41, 5.74) is 3.03. The van der Waals surface area contributed by atoms with E-state index in [1.165, 1.54) is 4.90 Å². The molecule has 0 N–H and O–H groups in total. The summed E-state index contributed by atoms with van der Waals surface area (Å²) in [5, 5.41) is 0. The molecule has 5 rings (SSSR count). The molecule has 7 nitrogen and oxygen atoms in total. The number of rotatable bonds is 7. The molecule has 36 heavy (non-hydrogen) atoms. The summed E-state index contributed by atoms with van der Waals surface area (Å²) in [7, 11) is 0. The van der Waals surface area contributed by atoms with Gasteiger partial charge in [-0.3, -0.25) is 19.3 Å². The number of hydrogen-bond donors (Lipinski definition) is 0. The average Bonchev–Trinajstić information content (AvgIpc) is 3.23. The summed E-state index contributed by atoms with van der Waals surface area (Å²) in [5.74, 6) is 0.779. The first-order chi connectivity index (χ1) is 17.6. The van der Waals surface area contributed by atoms with Crippen molar-refractivity contribution in [3.63, 3.8) is 0 Å². The van der Waals surface area contributed by atoms with Gasteiger partial charge in [0.2, 0.25) is 11.8 Å². The third-order valence-electron chi connectivity index (χ3n) is 6.18. The number of anilines is 1. The van der Waals surface area contributed by atoms with Gasteiger partial charge < -0.3 is 14.4 Å². The van der Waals surface area contributed by atoms with Crippen LogP contribution in [0.25, 0.3) is 6.08 Å². The zero-order valence-electron chi connectivity index (χ0n) is 19.8. The van der Waals surface area contributed by atoms with Crippen molar-refractivity contribution >= 4 is 29.5 Å². The van der Waals surface area contributed by atoms with Gasteiger partial charge in [-0.15, -0.1) is 0 Å². The monoisotopic (exact) mass is 482 g/mol. The van der Waals surface area contributed by atoms with Crippen LogP contribution in [0.5, 0.6) is 11.5 Å². The van der Waals surface area contributed by atoms with Gasteiger partial charge >= 0.3 is 0 Å². The Morgan fingerprint density at radius 3 is 2.28 bits per heavy atom. The van der Waals surface area contributed by atoms with Gasteiger partial charge in [-0.1, -0.05) is 54.6 Å². The fraction of sp³-hybridized carbons (Fsp3) is 0.207. The van der Waals surface area contributed by atoms with E-state index in [2.05, 4.69) is 0 Å². The molecular formula is C29H26N2O5. The summed E-state index contributed by atoms with van der Waals surface area (Å²) in [6.07, 6.45) is 4.45. The van der Waals surface area contributed by atoms with Crippen LogP contribution >= 0.6 is 0 Å². The lowest BCUT2D eigenvalue weighted by Gasteiger charge is -2.25. The van der Waals surface area contributed by atoms with Crippen molar-refractivity contribution < 1.29 is 23.9 Å². The van der Waals surface area contributed by atoms with Crippen molar-refractivity contribution in [2.24, 2.45) is 0 Å². The van der Waals surface area contributed by atoms with Crippen LogP contribution in [-0.4, -0.2) is 42.4 Å². The van der Waals surface area contributed by atoms with Crippen molar-refractivity contribution in [3.8, 4) is 11.5 Å². The largest absolute Gasteiger partial charge is 0.486 e. The number of benzene rings is 3. The van der Waals surface area contributed by atoms with Crippen LogP contribution in [0.2, 0.25) is 0 Å². The second-order valence-corrected chi connectivity index (χ2v) is 8.63. The number of likely N-dealkylation sites (tertiary alicyclic amines) is 1. The van der Waals surface area contributed by atoms with Crippen LogP contribution in [0.1, 0.15) is 34.3 Å². The van der Waals surface area contributed by atoms with E-state index in [0.717, 1.165) is 11.1 Å². The molecule has 3 aromatic rings. The third kappa shape index (κ3) is 5.15. The minimum Gasteiger partial charge on any atom is -0.486 e. The second-order valence-electron chi connectivity index (χ2n) is 8.63. The molecule has 3 amide bonds. The van der Waals surface area contributed by atoms with Crippen molar-refractivity contribution in [1.29, 1.82) is 0 Å². The van der Waals surface area contributed by atoms with Gasteiger partial charge in [-0.25, -0.2) is 0 Å². The smallest absolute Gasteiger partial charge is 0.258 e. The minimum atomic E-state index is -0.177. The molecule has 0 atom stereocenters. The number of imide groups is 1. The zero-order valence-corrected chi connectivity index (χ0v) is 19.8. The molecule has 0 bridgehead atoms. The first-order valence-corrected chi connectivity index (χ1v) is 11.9. The number of fused-ring (bicyclic) bond motifs is 1. The fourth-order valence-corrected chi connectivity index (χ4v) is 4.25. The number of carbonyl (C=O) groups is 3. The Morgan fingerprint density at radius 1 is 0.861 bits per heavy atom.